The first-order chi connectivity index (χ1) is 7.88. The van der Waals surface area contributed by atoms with Crippen LogP contribution in [0.4, 0.5) is 0 Å². The zero-order valence-electron chi connectivity index (χ0n) is 10.8. The predicted octanol–water partition coefficient (Wildman–Crippen LogP) is 3.90. The van der Waals surface area contributed by atoms with Crippen LogP contribution in [0.1, 0.15) is 58.3 Å². The van der Waals surface area contributed by atoms with Crippen LogP contribution in [0.3, 0.4) is 0 Å². The van der Waals surface area contributed by atoms with Gasteiger partial charge in [-0.25, -0.2) is 0 Å². The minimum atomic E-state index is 0.772. The van der Waals surface area contributed by atoms with Gasteiger partial charge >= 0.3 is 0 Å². The molecule has 1 heteroatoms. The Balaban J connectivity index is 1.61. The molecule has 0 radical (unpaired) electrons. The van der Waals surface area contributed by atoms with E-state index in [9.17, 15) is 0 Å². The van der Waals surface area contributed by atoms with Gasteiger partial charge in [-0.2, -0.15) is 0 Å². The van der Waals surface area contributed by atoms with Crippen LogP contribution in [0.25, 0.3) is 0 Å². The molecule has 0 aliphatic heterocycles. The molecule has 1 saturated carbocycles. The van der Waals surface area contributed by atoms with Crippen molar-refractivity contribution in [3.05, 3.63) is 12.2 Å². The summed E-state index contributed by atoms with van der Waals surface area (Å²) in [5.41, 5.74) is 0. The zero-order valence-corrected chi connectivity index (χ0v) is 10.8. The Morgan fingerprint density at radius 2 is 1.75 bits per heavy atom. The van der Waals surface area contributed by atoms with Crippen LogP contribution in [0.5, 0.6) is 0 Å². The van der Waals surface area contributed by atoms with E-state index in [0.717, 1.165) is 17.9 Å². The fourth-order valence-electron chi connectivity index (χ4n) is 3.16. The molecule has 1 fully saturated rings. The fraction of sp³-hybridized carbons (Fsp3) is 0.867. The largest absolute Gasteiger partial charge is 0.313 e. The zero-order chi connectivity index (χ0) is 11.2. The molecule has 0 aromatic heterocycles. The van der Waals surface area contributed by atoms with E-state index in [4.69, 9.17) is 0 Å². The van der Waals surface area contributed by atoms with Crippen LogP contribution in [0, 0.1) is 11.8 Å². The van der Waals surface area contributed by atoms with Gasteiger partial charge in [0.05, 0.1) is 0 Å². The highest BCUT2D eigenvalue weighted by Crippen LogP contribution is 2.30. The molecule has 1 unspecified atom stereocenters. The second kappa shape index (κ2) is 6.44. The molecule has 0 aromatic rings. The van der Waals surface area contributed by atoms with Gasteiger partial charge in [0.2, 0.25) is 0 Å². The molecule has 0 amide bonds. The van der Waals surface area contributed by atoms with Crippen LogP contribution in [-0.4, -0.2) is 12.6 Å². The first-order valence-corrected chi connectivity index (χ1v) is 7.27. The molecule has 1 N–H and O–H groups in total. The second-order valence-electron chi connectivity index (χ2n) is 5.68. The summed E-state index contributed by atoms with van der Waals surface area (Å²) in [6, 6.07) is 0.772. The summed E-state index contributed by atoms with van der Waals surface area (Å²) in [5.74, 6) is 2.00. The van der Waals surface area contributed by atoms with Crippen molar-refractivity contribution in [2.24, 2.45) is 11.8 Å². The van der Waals surface area contributed by atoms with Gasteiger partial charge in [0.25, 0.3) is 0 Å². The molecule has 2 aliphatic carbocycles. The van der Waals surface area contributed by atoms with Crippen molar-refractivity contribution in [1.82, 2.24) is 5.32 Å². The molecule has 1 atom stereocenters. The van der Waals surface area contributed by atoms with Crippen molar-refractivity contribution in [2.45, 2.75) is 64.3 Å². The van der Waals surface area contributed by atoms with Crippen LogP contribution in [-0.2, 0) is 0 Å². The van der Waals surface area contributed by atoms with Crippen LogP contribution in [0.2, 0.25) is 0 Å². The van der Waals surface area contributed by atoms with Gasteiger partial charge < -0.3 is 5.32 Å². The lowest BCUT2D eigenvalue weighted by Crippen LogP contribution is -2.35. The highest BCUT2D eigenvalue weighted by atomic mass is 14.9. The van der Waals surface area contributed by atoms with Crippen molar-refractivity contribution in [3.63, 3.8) is 0 Å². The van der Waals surface area contributed by atoms with Gasteiger partial charge in [-0.05, 0) is 50.5 Å². The molecular formula is C15H27N. The smallest absolute Gasteiger partial charge is 0.0105 e. The Morgan fingerprint density at radius 1 is 1.00 bits per heavy atom. The van der Waals surface area contributed by atoms with Gasteiger partial charge in [0.1, 0.15) is 0 Å². The standard InChI is InChI=1S/C15H27N/c1-2-13-8-10-14(11-9-13)12-16-15-6-4-3-5-7-15/h3-4,13-16H,2,5-12H2,1H3. The Hall–Kier alpha value is -0.300. The summed E-state index contributed by atoms with van der Waals surface area (Å²) in [5, 5.41) is 3.77. The van der Waals surface area contributed by atoms with Crippen molar-refractivity contribution in [2.75, 3.05) is 6.54 Å². The third kappa shape index (κ3) is 3.62. The SMILES string of the molecule is CCC1CCC(CNC2CC=CCC2)CC1. The molecule has 0 bridgehead atoms. The molecule has 16 heavy (non-hydrogen) atoms. The summed E-state index contributed by atoms with van der Waals surface area (Å²) in [6.07, 6.45) is 15.8. The molecule has 1 nitrogen and oxygen atoms in total. The van der Waals surface area contributed by atoms with Crippen LogP contribution < -0.4 is 5.32 Å². The maximum Gasteiger partial charge on any atom is 0.0105 e. The van der Waals surface area contributed by atoms with Gasteiger partial charge in [-0.15, -0.1) is 0 Å². The molecule has 0 heterocycles. The summed E-state index contributed by atoms with van der Waals surface area (Å²) < 4.78 is 0. The van der Waals surface area contributed by atoms with Gasteiger partial charge in [-0.1, -0.05) is 38.3 Å². The first kappa shape index (κ1) is 12.2. The maximum atomic E-state index is 3.77. The molecular weight excluding hydrogens is 194 g/mol. The Kier molecular flexibility index (Phi) is 4.90. The Labute approximate surface area is 101 Å². The monoisotopic (exact) mass is 221 g/mol. The van der Waals surface area contributed by atoms with Crippen molar-refractivity contribution in [1.29, 1.82) is 0 Å². The summed E-state index contributed by atoms with van der Waals surface area (Å²) in [4.78, 5) is 0. The van der Waals surface area contributed by atoms with Crippen molar-refractivity contribution >= 4 is 0 Å². The van der Waals surface area contributed by atoms with Crippen molar-refractivity contribution < 1.29 is 0 Å². The fourth-order valence-corrected chi connectivity index (χ4v) is 3.16. The average Bonchev–Trinajstić information content (AvgIpc) is 2.38. The number of hydrogen-bond acceptors (Lipinski definition) is 1. The quantitative estimate of drug-likeness (QED) is 0.710. The third-order valence-electron chi connectivity index (χ3n) is 4.51. The number of hydrogen-bond donors (Lipinski definition) is 1. The molecule has 0 spiro atoms. The molecule has 2 aliphatic rings. The van der Waals surface area contributed by atoms with E-state index in [1.807, 2.05) is 0 Å². The molecule has 0 saturated heterocycles. The predicted molar refractivity (Wildman–Crippen MR) is 70.5 cm³/mol. The highest BCUT2D eigenvalue weighted by Gasteiger charge is 2.20. The number of nitrogens with one attached hydrogen (secondary N) is 1. The maximum absolute atomic E-state index is 3.77. The van der Waals surface area contributed by atoms with E-state index in [1.165, 1.54) is 57.9 Å². The first-order valence-electron chi connectivity index (χ1n) is 7.27. The van der Waals surface area contributed by atoms with Crippen molar-refractivity contribution in [3.8, 4) is 0 Å². The molecule has 2 rings (SSSR count). The average molecular weight is 221 g/mol. The summed E-state index contributed by atoms with van der Waals surface area (Å²) in [7, 11) is 0. The number of rotatable bonds is 4. The third-order valence-corrected chi connectivity index (χ3v) is 4.51. The van der Waals surface area contributed by atoms with E-state index in [1.54, 1.807) is 0 Å². The number of allylic oxidation sites excluding steroid dienone is 1. The lowest BCUT2D eigenvalue weighted by atomic mass is 9.81. The van der Waals surface area contributed by atoms with E-state index in [2.05, 4.69) is 24.4 Å². The van der Waals surface area contributed by atoms with Gasteiger partial charge in [-0.3, -0.25) is 0 Å². The van der Waals surface area contributed by atoms with Gasteiger partial charge in [0.15, 0.2) is 0 Å². The summed E-state index contributed by atoms with van der Waals surface area (Å²) in [6.45, 7) is 3.62. The van der Waals surface area contributed by atoms with E-state index in [0.29, 0.717) is 0 Å². The minimum Gasteiger partial charge on any atom is -0.313 e. The summed E-state index contributed by atoms with van der Waals surface area (Å²) >= 11 is 0. The van der Waals surface area contributed by atoms with E-state index >= 15 is 0 Å². The highest BCUT2D eigenvalue weighted by molar-refractivity contribution is 4.93. The minimum absolute atomic E-state index is 0.772. The molecule has 92 valence electrons. The van der Waals surface area contributed by atoms with E-state index < -0.39 is 0 Å². The van der Waals surface area contributed by atoms with Crippen LogP contribution >= 0.6 is 0 Å². The van der Waals surface area contributed by atoms with Gasteiger partial charge in [0, 0.05) is 6.04 Å². The Morgan fingerprint density at radius 3 is 2.38 bits per heavy atom. The topological polar surface area (TPSA) is 12.0 Å². The lowest BCUT2D eigenvalue weighted by Gasteiger charge is -2.29. The second-order valence-corrected chi connectivity index (χ2v) is 5.68. The normalized spacial score (nSPS) is 35.2. The molecule has 0 aromatic carbocycles. The lowest BCUT2D eigenvalue weighted by molar-refractivity contribution is 0.254. The van der Waals surface area contributed by atoms with E-state index in [-0.39, 0.29) is 0 Å². The van der Waals surface area contributed by atoms with Crippen LogP contribution in [0.15, 0.2) is 12.2 Å². The Bertz CT molecular complexity index is 213.